The Kier molecular flexibility index (Phi) is 6.15. The molecule has 1 aromatic rings. The van der Waals surface area contributed by atoms with Gasteiger partial charge >= 0.3 is 6.03 Å². The highest BCUT2D eigenvalue weighted by molar-refractivity contribution is 5.73. The van der Waals surface area contributed by atoms with Gasteiger partial charge in [-0.05, 0) is 43.9 Å². The Hall–Kier alpha value is -1.75. The fraction of sp³-hybridized carbons (Fsp3) is 0.500. The van der Waals surface area contributed by atoms with Crippen molar-refractivity contribution in [3.8, 4) is 5.75 Å². The highest BCUT2D eigenvalue weighted by atomic mass is 16.5. The van der Waals surface area contributed by atoms with Crippen LogP contribution in [0.15, 0.2) is 12.1 Å². The third-order valence-corrected chi connectivity index (χ3v) is 2.94. The van der Waals surface area contributed by atoms with E-state index in [2.05, 4.69) is 10.6 Å². The van der Waals surface area contributed by atoms with Crippen molar-refractivity contribution < 1.29 is 14.6 Å². The standard InChI is InChI=1S/C14H22N2O3/c1-10-5-6-11(2)13(12(10)3)19-9-16-14(18)15-7-4-8-17/h5-6,17H,4,7-9H2,1-3H3,(H2,15,16,18). The summed E-state index contributed by atoms with van der Waals surface area (Å²) in [6.07, 6.45) is 0.546. The number of aliphatic hydroxyl groups is 1. The van der Waals surface area contributed by atoms with Gasteiger partial charge in [0.25, 0.3) is 0 Å². The number of benzene rings is 1. The van der Waals surface area contributed by atoms with Crippen LogP contribution in [0.3, 0.4) is 0 Å². The number of nitrogens with one attached hydrogen (secondary N) is 2. The van der Waals surface area contributed by atoms with Crippen molar-refractivity contribution in [2.45, 2.75) is 27.2 Å². The molecule has 2 amide bonds. The van der Waals surface area contributed by atoms with Gasteiger partial charge in [-0.3, -0.25) is 0 Å². The first-order chi connectivity index (χ1) is 9.06. The van der Waals surface area contributed by atoms with Gasteiger partial charge < -0.3 is 20.5 Å². The summed E-state index contributed by atoms with van der Waals surface area (Å²) in [5.41, 5.74) is 3.29. The maximum atomic E-state index is 11.4. The predicted octanol–water partition coefficient (Wildman–Crippen LogP) is 1.63. The molecule has 3 N–H and O–H groups in total. The van der Waals surface area contributed by atoms with Crippen LogP contribution in [-0.2, 0) is 0 Å². The van der Waals surface area contributed by atoms with Crippen molar-refractivity contribution in [3.63, 3.8) is 0 Å². The van der Waals surface area contributed by atoms with Crippen LogP contribution < -0.4 is 15.4 Å². The third-order valence-electron chi connectivity index (χ3n) is 2.94. The molecule has 0 aliphatic carbocycles. The fourth-order valence-electron chi connectivity index (χ4n) is 1.66. The van der Waals surface area contributed by atoms with Crippen LogP contribution in [0.2, 0.25) is 0 Å². The molecule has 0 unspecified atom stereocenters. The average molecular weight is 266 g/mol. The molecule has 0 radical (unpaired) electrons. The maximum Gasteiger partial charge on any atom is 0.317 e. The minimum atomic E-state index is -0.295. The van der Waals surface area contributed by atoms with E-state index < -0.39 is 0 Å². The van der Waals surface area contributed by atoms with Crippen molar-refractivity contribution in [2.24, 2.45) is 0 Å². The van der Waals surface area contributed by atoms with E-state index in [1.165, 1.54) is 0 Å². The van der Waals surface area contributed by atoms with Gasteiger partial charge in [-0.1, -0.05) is 12.1 Å². The first-order valence-corrected chi connectivity index (χ1v) is 6.38. The molecular formula is C14H22N2O3. The van der Waals surface area contributed by atoms with Gasteiger partial charge in [0.15, 0.2) is 6.73 Å². The molecule has 1 aromatic carbocycles. The predicted molar refractivity (Wildman–Crippen MR) is 74.4 cm³/mol. The number of rotatable bonds is 6. The number of hydrogen-bond donors (Lipinski definition) is 3. The van der Waals surface area contributed by atoms with Crippen LogP contribution in [0.5, 0.6) is 5.75 Å². The normalized spacial score (nSPS) is 10.1. The monoisotopic (exact) mass is 266 g/mol. The molecule has 5 nitrogen and oxygen atoms in total. The minimum Gasteiger partial charge on any atom is -0.473 e. The number of aryl methyl sites for hydroxylation is 2. The highest BCUT2D eigenvalue weighted by Gasteiger charge is 2.06. The zero-order valence-electron chi connectivity index (χ0n) is 11.7. The van der Waals surface area contributed by atoms with E-state index in [1.807, 2.05) is 32.9 Å². The van der Waals surface area contributed by atoms with Crippen LogP contribution in [0.1, 0.15) is 23.1 Å². The van der Waals surface area contributed by atoms with E-state index in [9.17, 15) is 4.79 Å². The molecule has 0 fully saturated rings. The van der Waals surface area contributed by atoms with Crippen LogP contribution in [0.4, 0.5) is 4.79 Å². The van der Waals surface area contributed by atoms with Gasteiger partial charge in [-0.2, -0.15) is 0 Å². The molecule has 0 saturated carbocycles. The summed E-state index contributed by atoms with van der Waals surface area (Å²) in [5, 5.41) is 13.8. The molecule has 0 atom stereocenters. The molecule has 1 rings (SSSR count). The number of ether oxygens (including phenoxy) is 1. The lowest BCUT2D eigenvalue weighted by Crippen LogP contribution is -2.38. The van der Waals surface area contributed by atoms with Crippen molar-refractivity contribution in [1.29, 1.82) is 0 Å². The molecule has 0 heterocycles. The second-order valence-electron chi connectivity index (χ2n) is 4.45. The number of hydrogen-bond acceptors (Lipinski definition) is 3. The van der Waals surface area contributed by atoms with Crippen molar-refractivity contribution in [3.05, 3.63) is 28.8 Å². The Balaban J connectivity index is 2.41. The largest absolute Gasteiger partial charge is 0.473 e. The fourth-order valence-corrected chi connectivity index (χ4v) is 1.66. The summed E-state index contributed by atoms with van der Waals surface area (Å²) >= 11 is 0. The zero-order valence-corrected chi connectivity index (χ0v) is 11.7. The van der Waals surface area contributed by atoms with E-state index in [0.717, 1.165) is 22.4 Å². The van der Waals surface area contributed by atoms with Gasteiger partial charge in [0.05, 0.1) is 0 Å². The Morgan fingerprint density at radius 3 is 2.58 bits per heavy atom. The van der Waals surface area contributed by atoms with Gasteiger partial charge in [-0.25, -0.2) is 4.79 Å². The second kappa shape index (κ2) is 7.63. The van der Waals surface area contributed by atoms with Crippen LogP contribution in [-0.4, -0.2) is 31.0 Å². The maximum absolute atomic E-state index is 11.4. The number of urea groups is 1. The van der Waals surface area contributed by atoms with Crippen LogP contribution in [0.25, 0.3) is 0 Å². The van der Waals surface area contributed by atoms with Crippen LogP contribution >= 0.6 is 0 Å². The first kappa shape index (κ1) is 15.3. The molecule has 0 aliphatic rings. The average Bonchev–Trinajstić information content (AvgIpc) is 2.38. The third kappa shape index (κ3) is 4.79. The molecule has 0 spiro atoms. The van der Waals surface area contributed by atoms with E-state index >= 15 is 0 Å². The molecule has 5 heteroatoms. The lowest BCUT2D eigenvalue weighted by Gasteiger charge is -2.14. The molecular weight excluding hydrogens is 244 g/mol. The zero-order chi connectivity index (χ0) is 14.3. The SMILES string of the molecule is Cc1ccc(C)c(OCNC(=O)NCCCO)c1C. The number of aliphatic hydroxyl groups excluding tert-OH is 1. The summed E-state index contributed by atoms with van der Waals surface area (Å²) in [4.78, 5) is 11.4. The quantitative estimate of drug-likeness (QED) is 0.541. The molecule has 19 heavy (non-hydrogen) atoms. The minimum absolute atomic E-state index is 0.0679. The van der Waals surface area contributed by atoms with Gasteiger partial charge in [0.1, 0.15) is 5.75 Å². The van der Waals surface area contributed by atoms with E-state index in [0.29, 0.717) is 13.0 Å². The second-order valence-corrected chi connectivity index (χ2v) is 4.45. The van der Waals surface area contributed by atoms with Gasteiger partial charge in [0.2, 0.25) is 0 Å². The summed E-state index contributed by atoms with van der Waals surface area (Å²) < 4.78 is 5.60. The van der Waals surface area contributed by atoms with E-state index in [-0.39, 0.29) is 19.4 Å². The molecule has 0 saturated heterocycles. The Labute approximate surface area is 114 Å². The summed E-state index contributed by atoms with van der Waals surface area (Å²) in [5.74, 6) is 0.815. The van der Waals surface area contributed by atoms with Crippen molar-refractivity contribution >= 4 is 6.03 Å². The number of amides is 2. The van der Waals surface area contributed by atoms with Crippen LogP contribution in [0, 0.1) is 20.8 Å². The number of carbonyl (C=O) groups excluding carboxylic acids is 1. The topological polar surface area (TPSA) is 70.6 Å². The summed E-state index contributed by atoms with van der Waals surface area (Å²) in [6, 6.07) is 3.75. The van der Waals surface area contributed by atoms with Gasteiger partial charge in [-0.15, -0.1) is 0 Å². The summed E-state index contributed by atoms with van der Waals surface area (Å²) in [6.45, 7) is 6.64. The molecule has 0 aliphatic heterocycles. The van der Waals surface area contributed by atoms with Crippen molar-refractivity contribution in [2.75, 3.05) is 19.9 Å². The van der Waals surface area contributed by atoms with E-state index in [1.54, 1.807) is 0 Å². The number of carbonyl (C=O) groups is 1. The first-order valence-electron chi connectivity index (χ1n) is 6.38. The van der Waals surface area contributed by atoms with Crippen molar-refractivity contribution in [1.82, 2.24) is 10.6 Å². The van der Waals surface area contributed by atoms with Gasteiger partial charge in [0, 0.05) is 13.2 Å². The Morgan fingerprint density at radius 2 is 1.89 bits per heavy atom. The Morgan fingerprint density at radius 1 is 1.21 bits per heavy atom. The highest BCUT2D eigenvalue weighted by Crippen LogP contribution is 2.25. The Bertz CT molecular complexity index is 433. The molecule has 0 bridgehead atoms. The lowest BCUT2D eigenvalue weighted by molar-refractivity contribution is 0.221. The van der Waals surface area contributed by atoms with E-state index in [4.69, 9.17) is 9.84 Å². The molecule has 0 aromatic heterocycles. The smallest absolute Gasteiger partial charge is 0.317 e. The lowest BCUT2D eigenvalue weighted by atomic mass is 10.1. The molecule has 106 valence electrons. The summed E-state index contributed by atoms with van der Waals surface area (Å²) in [7, 11) is 0.